The molecule has 1 saturated carbocycles. The molecule has 1 aliphatic rings. The van der Waals surface area contributed by atoms with Gasteiger partial charge in [0.2, 0.25) is 0 Å². The molecule has 2 atom stereocenters. The summed E-state index contributed by atoms with van der Waals surface area (Å²) in [6.45, 7) is 5.02. The average Bonchev–Trinajstić information content (AvgIpc) is 2.81. The van der Waals surface area contributed by atoms with Crippen molar-refractivity contribution in [2.75, 3.05) is 19.8 Å². The minimum absolute atomic E-state index is 0.265. The molecule has 1 fully saturated rings. The number of rotatable bonds is 8. The third-order valence-electron chi connectivity index (χ3n) is 3.15. The van der Waals surface area contributed by atoms with Gasteiger partial charge in [-0.05, 0) is 19.3 Å². The largest absolute Gasteiger partial charge is 0.481 e. The summed E-state index contributed by atoms with van der Waals surface area (Å²) >= 11 is 0. The molecule has 1 rings (SSSR count). The lowest BCUT2D eigenvalue weighted by Gasteiger charge is -2.17. The lowest BCUT2D eigenvalue weighted by molar-refractivity contribution is -0.142. The number of hydrogen-bond donors (Lipinski definition) is 3. The predicted molar refractivity (Wildman–Crippen MR) is 70.9 cm³/mol. The van der Waals surface area contributed by atoms with Gasteiger partial charge in [-0.15, -0.1) is 6.58 Å². The molecule has 0 bridgehead atoms. The number of ether oxygens (including phenoxy) is 1. The number of carboxylic acid groups (broad SMARTS) is 1. The van der Waals surface area contributed by atoms with Crippen molar-refractivity contribution in [1.82, 2.24) is 10.6 Å². The molecule has 0 radical (unpaired) electrons. The van der Waals surface area contributed by atoms with Crippen molar-refractivity contribution in [3.05, 3.63) is 12.7 Å². The van der Waals surface area contributed by atoms with Crippen molar-refractivity contribution in [2.45, 2.75) is 31.7 Å². The van der Waals surface area contributed by atoms with Crippen molar-refractivity contribution in [2.24, 2.45) is 5.92 Å². The molecule has 0 heterocycles. The Morgan fingerprint density at radius 1 is 1.37 bits per heavy atom. The van der Waals surface area contributed by atoms with Gasteiger partial charge in [-0.25, -0.2) is 4.79 Å². The summed E-state index contributed by atoms with van der Waals surface area (Å²) in [6, 6.07) is -0.593. The molecule has 0 aromatic heterocycles. The van der Waals surface area contributed by atoms with Gasteiger partial charge in [0.1, 0.15) is 0 Å². The number of aliphatic carboxylic acids is 1. The van der Waals surface area contributed by atoms with Crippen molar-refractivity contribution in [3.8, 4) is 0 Å². The van der Waals surface area contributed by atoms with Crippen LogP contribution in [0.4, 0.5) is 4.79 Å². The van der Waals surface area contributed by atoms with Gasteiger partial charge in [-0.2, -0.15) is 0 Å². The van der Waals surface area contributed by atoms with Crippen LogP contribution in [-0.2, 0) is 9.53 Å². The molecule has 3 N–H and O–H groups in total. The summed E-state index contributed by atoms with van der Waals surface area (Å²) in [5.41, 5.74) is 0. The molecule has 19 heavy (non-hydrogen) atoms. The SMILES string of the molecule is C=CCCOCCNC(=O)NC1CCCC1C(=O)O. The quantitative estimate of drug-likeness (QED) is 0.456. The maximum Gasteiger partial charge on any atom is 0.315 e. The molecule has 0 aromatic rings. The van der Waals surface area contributed by atoms with Crippen LogP contribution in [0.2, 0.25) is 0 Å². The summed E-state index contributed by atoms with van der Waals surface area (Å²) in [7, 11) is 0. The minimum atomic E-state index is -0.837. The number of carboxylic acids is 1. The zero-order valence-electron chi connectivity index (χ0n) is 11.1. The fourth-order valence-electron chi connectivity index (χ4n) is 2.15. The molecular weight excluding hydrogens is 248 g/mol. The van der Waals surface area contributed by atoms with Crippen LogP contribution >= 0.6 is 0 Å². The Balaban J connectivity index is 2.13. The number of carbonyl (C=O) groups excluding carboxylic acids is 1. The van der Waals surface area contributed by atoms with Gasteiger partial charge >= 0.3 is 12.0 Å². The topological polar surface area (TPSA) is 87.7 Å². The lowest BCUT2D eigenvalue weighted by atomic mass is 10.0. The van der Waals surface area contributed by atoms with Crippen LogP contribution in [-0.4, -0.2) is 42.9 Å². The van der Waals surface area contributed by atoms with Crippen LogP contribution in [0.1, 0.15) is 25.7 Å². The predicted octanol–water partition coefficient (Wildman–Crippen LogP) is 1.13. The Labute approximate surface area is 113 Å². The van der Waals surface area contributed by atoms with E-state index in [0.29, 0.717) is 26.2 Å². The van der Waals surface area contributed by atoms with Gasteiger partial charge in [-0.1, -0.05) is 12.5 Å². The zero-order chi connectivity index (χ0) is 14.1. The van der Waals surface area contributed by atoms with E-state index in [2.05, 4.69) is 17.2 Å². The van der Waals surface area contributed by atoms with E-state index in [4.69, 9.17) is 9.84 Å². The summed E-state index contributed by atoms with van der Waals surface area (Å²) in [5, 5.41) is 14.4. The first-order valence-corrected chi connectivity index (χ1v) is 6.61. The van der Waals surface area contributed by atoms with Crippen molar-refractivity contribution < 1.29 is 19.4 Å². The highest BCUT2D eigenvalue weighted by Gasteiger charge is 2.33. The molecule has 6 heteroatoms. The molecule has 2 unspecified atom stereocenters. The highest BCUT2D eigenvalue weighted by molar-refractivity contribution is 5.76. The summed E-state index contributed by atoms with van der Waals surface area (Å²) in [6.07, 6.45) is 4.75. The molecule has 1 aliphatic carbocycles. The maximum absolute atomic E-state index is 11.6. The number of urea groups is 1. The Morgan fingerprint density at radius 3 is 2.84 bits per heavy atom. The Morgan fingerprint density at radius 2 is 2.16 bits per heavy atom. The second-order valence-corrected chi connectivity index (χ2v) is 4.57. The van der Waals surface area contributed by atoms with Crippen LogP contribution in [0.15, 0.2) is 12.7 Å². The highest BCUT2D eigenvalue weighted by atomic mass is 16.5. The Bertz CT molecular complexity index is 320. The van der Waals surface area contributed by atoms with Crippen molar-refractivity contribution in [1.29, 1.82) is 0 Å². The number of carbonyl (C=O) groups is 2. The molecule has 0 saturated heterocycles. The minimum Gasteiger partial charge on any atom is -0.481 e. The van der Waals surface area contributed by atoms with Crippen LogP contribution < -0.4 is 10.6 Å². The molecule has 0 spiro atoms. The van der Waals surface area contributed by atoms with E-state index >= 15 is 0 Å². The van der Waals surface area contributed by atoms with E-state index < -0.39 is 11.9 Å². The van der Waals surface area contributed by atoms with Gasteiger partial charge < -0.3 is 20.5 Å². The van der Waals surface area contributed by atoms with Gasteiger partial charge in [0.25, 0.3) is 0 Å². The standard InChI is InChI=1S/C13H22N2O4/c1-2-3-8-19-9-7-14-13(18)15-11-6-4-5-10(11)12(16)17/h2,10-11H,1,3-9H2,(H,16,17)(H2,14,15,18). The van der Waals surface area contributed by atoms with Gasteiger partial charge in [0.15, 0.2) is 0 Å². The molecule has 2 amide bonds. The third-order valence-corrected chi connectivity index (χ3v) is 3.15. The normalized spacial score (nSPS) is 21.9. The first-order chi connectivity index (χ1) is 9.15. The van der Waals surface area contributed by atoms with E-state index in [0.717, 1.165) is 19.3 Å². The van der Waals surface area contributed by atoms with E-state index in [9.17, 15) is 9.59 Å². The Hall–Kier alpha value is -1.56. The maximum atomic E-state index is 11.6. The molecule has 0 aliphatic heterocycles. The van der Waals surface area contributed by atoms with Gasteiger partial charge in [0, 0.05) is 12.6 Å². The summed E-state index contributed by atoms with van der Waals surface area (Å²) in [5.74, 6) is -1.30. The van der Waals surface area contributed by atoms with Crippen LogP contribution in [0.5, 0.6) is 0 Å². The lowest BCUT2D eigenvalue weighted by Crippen LogP contribution is -2.46. The number of amides is 2. The summed E-state index contributed by atoms with van der Waals surface area (Å²) < 4.78 is 5.25. The van der Waals surface area contributed by atoms with Gasteiger partial charge in [0.05, 0.1) is 19.1 Å². The third kappa shape index (κ3) is 5.74. The zero-order valence-corrected chi connectivity index (χ0v) is 11.1. The fraction of sp³-hybridized carbons (Fsp3) is 0.692. The van der Waals surface area contributed by atoms with E-state index in [1.54, 1.807) is 6.08 Å². The van der Waals surface area contributed by atoms with Crippen LogP contribution in [0.3, 0.4) is 0 Å². The fourth-order valence-corrected chi connectivity index (χ4v) is 2.15. The number of nitrogens with one attached hydrogen (secondary N) is 2. The summed E-state index contributed by atoms with van der Waals surface area (Å²) in [4.78, 5) is 22.5. The highest BCUT2D eigenvalue weighted by Crippen LogP contribution is 2.25. The molecule has 6 nitrogen and oxygen atoms in total. The van der Waals surface area contributed by atoms with E-state index in [1.165, 1.54) is 0 Å². The van der Waals surface area contributed by atoms with Gasteiger partial charge in [-0.3, -0.25) is 4.79 Å². The van der Waals surface area contributed by atoms with Crippen molar-refractivity contribution >= 4 is 12.0 Å². The van der Waals surface area contributed by atoms with Crippen molar-refractivity contribution in [3.63, 3.8) is 0 Å². The monoisotopic (exact) mass is 270 g/mol. The van der Waals surface area contributed by atoms with E-state index in [-0.39, 0.29) is 12.1 Å². The van der Waals surface area contributed by atoms with Crippen LogP contribution in [0, 0.1) is 5.92 Å². The van der Waals surface area contributed by atoms with Crippen LogP contribution in [0.25, 0.3) is 0 Å². The first kappa shape index (κ1) is 15.5. The first-order valence-electron chi connectivity index (χ1n) is 6.61. The molecular formula is C13H22N2O4. The van der Waals surface area contributed by atoms with E-state index in [1.807, 2.05) is 0 Å². The molecule has 108 valence electrons. The average molecular weight is 270 g/mol. The smallest absolute Gasteiger partial charge is 0.315 e. The molecule has 0 aromatic carbocycles. The second kappa shape index (κ2) is 8.53. The second-order valence-electron chi connectivity index (χ2n) is 4.57. The Kier molecular flexibility index (Phi) is 6.95. The number of hydrogen-bond acceptors (Lipinski definition) is 3.